The van der Waals surface area contributed by atoms with Gasteiger partial charge in [0.25, 0.3) is 5.91 Å². The molecule has 2 heterocycles. The minimum Gasteiger partial charge on any atom is -0.497 e. The van der Waals surface area contributed by atoms with Crippen molar-refractivity contribution in [3.05, 3.63) is 71.0 Å². The van der Waals surface area contributed by atoms with Crippen LogP contribution in [-0.4, -0.2) is 23.0 Å². The van der Waals surface area contributed by atoms with Crippen LogP contribution in [0, 0.1) is 0 Å². The van der Waals surface area contributed by atoms with Crippen LogP contribution >= 0.6 is 27.3 Å². The second kappa shape index (κ2) is 7.46. The largest absolute Gasteiger partial charge is 0.497 e. The van der Waals surface area contributed by atoms with Crippen LogP contribution in [0.25, 0.3) is 20.8 Å². The van der Waals surface area contributed by atoms with Gasteiger partial charge in [0.1, 0.15) is 15.4 Å². The van der Waals surface area contributed by atoms with Crippen LogP contribution in [0.1, 0.15) is 10.4 Å². The standard InChI is InChI=1S/C20H14BrN3O2S/c1-26-15-7-8-16-17(10-15)27-20(24-16)12-2-5-14(6-3-12)23-19(25)13-4-9-18(21)22-11-13/h2-11H,1H3,(H,23,25). The first-order valence-corrected chi connectivity index (χ1v) is 9.71. The van der Waals surface area contributed by atoms with E-state index in [1.165, 1.54) is 6.20 Å². The maximum Gasteiger partial charge on any atom is 0.257 e. The molecule has 1 amide bonds. The number of aromatic nitrogens is 2. The van der Waals surface area contributed by atoms with Crippen molar-refractivity contribution in [2.45, 2.75) is 0 Å². The molecular formula is C20H14BrN3O2S. The Kier molecular flexibility index (Phi) is 4.87. The number of rotatable bonds is 4. The van der Waals surface area contributed by atoms with Gasteiger partial charge in [-0.05, 0) is 70.5 Å². The third kappa shape index (κ3) is 3.84. The van der Waals surface area contributed by atoms with E-state index in [4.69, 9.17) is 4.74 Å². The summed E-state index contributed by atoms with van der Waals surface area (Å²) in [4.78, 5) is 21.0. The Bertz CT molecular complexity index is 1110. The summed E-state index contributed by atoms with van der Waals surface area (Å²) < 4.78 is 7.03. The zero-order valence-electron chi connectivity index (χ0n) is 14.3. The van der Waals surface area contributed by atoms with Crippen LogP contribution in [0.4, 0.5) is 5.69 Å². The number of benzene rings is 2. The fraction of sp³-hybridized carbons (Fsp3) is 0.0500. The van der Waals surface area contributed by atoms with Crippen molar-refractivity contribution >= 4 is 49.1 Å². The van der Waals surface area contributed by atoms with E-state index in [0.717, 1.165) is 32.2 Å². The molecule has 1 N–H and O–H groups in total. The molecule has 27 heavy (non-hydrogen) atoms. The molecular weight excluding hydrogens is 426 g/mol. The van der Waals surface area contributed by atoms with Crippen LogP contribution in [0.15, 0.2) is 65.4 Å². The van der Waals surface area contributed by atoms with E-state index in [9.17, 15) is 4.79 Å². The highest BCUT2D eigenvalue weighted by molar-refractivity contribution is 9.10. The Hall–Kier alpha value is -2.77. The lowest BCUT2D eigenvalue weighted by atomic mass is 10.2. The topological polar surface area (TPSA) is 64.1 Å². The summed E-state index contributed by atoms with van der Waals surface area (Å²) >= 11 is 4.86. The molecule has 0 saturated carbocycles. The second-order valence-corrected chi connectivity index (χ2v) is 7.60. The number of halogens is 1. The summed E-state index contributed by atoms with van der Waals surface area (Å²) in [5.41, 5.74) is 3.16. The number of nitrogens with zero attached hydrogens (tertiary/aromatic N) is 2. The highest BCUT2D eigenvalue weighted by atomic mass is 79.9. The first-order valence-electron chi connectivity index (χ1n) is 8.10. The molecule has 0 bridgehead atoms. The number of thiazole rings is 1. The van der Waals surface area contributed by atoms with Crippen LogP contribution < -0.4 is 10.1 Å². The Balaban J connectivity index is 1.53. The maximum absolute atomic E-state index is 12.3. The molecule has 5 nitrogen and oxygen atoms in total. The SMILES string of the molecule is COc1ccc2nc(-c3ccc(NC(=O)c4ccc(Br)nc4)cc3)sc2c1. The molecule has 0 saturated heterocycles. The summed E-state index contributed by atoms with van der Waals surface area (Å²) in [6.07, 6.45) is 1.53. The van der Waals surface area contributed by atoms with Crippen LogP contribution in [0.2, 0.25) is 0 Å². The molecule has 4 rings (SSSR count). The molecule has 2 aromatic heterocycles. The molecule has 2 aromatic carbocycles. The zero-order chi connectivity index (χ0) is 18.8. The number of hydrogen-bond donors (Lipinski definition) is 1. The number of ether oxygens (including phenoxy) is 1. The highest BCUT2D eigenvalue weighted by Crippen LogP contribution is 2.32. The smallest absolute Gasteiger partial charge is 0.257 e. The van der Waals surface area contributed by atoms with Crippen LogP contribution in [0.5, 0.6) is 5.75 Å². The van der Waals surface area contributed by atoms with E-state index < -0.39 is 0 Å². The summed E-state index contributed by atoms with van der Waals surface area (Å²) in [5.74, 6) is 0.619. The van der Waals surface area contributed by atoms with Gasteiger partial charge in [0.05, 0.1) is 22.9 Å². The van der Waals surface area contributed by atoms with Gasteiger partial charge in [-0.2, -0.15) is 0 Å². The Morgan fingerprint density at radius 1 is 1.11 bits per heavy atom. The first-order chi connectivity index (χ1) is 13.1. The Morgan fingerprint density at radius 3 is 2.63 bits per heavy atom. The number of carbonyl (C=O) groups excluding carboxylic acids is 1. The molecule has 0 aliphatic carbocycles. The fourth-order valence-corrected chi connectivity index (χ4v) is 3.80. The molecule has 0 aliphatic rings. The summed E-state index contributed by atoms with van der Waals surface area (Å²) in [6, 6.07) is 16.9. The zero-order valence-corrected chi connectivity index (χ0v) is 16.7. The molecule has 0 unspecified atom stereocenters. The second-order valence-electron chi connectivity index (χ2n) is 5.75. The predicted octanol–water partition coefficient (Wildman–Crippen LogP) is 5.38. The number of hydrogen-bond acceptors (Lipinski definition) is 5. The molecule has 0 fully saturated rings. The molecule has 0 aliphatic heterocycles. The molecule has 7 heteroatoms. The van der Waals surface area contributed by atoms with E-state index >= 15 is 0 Å². The lowest BCUT2D eigenvalue weighted by Gasteiger charge is -2.05. The van der Waals surface area contributed by atoms with Crippen molar-refractivity contribution in [3.8, 4) is 16.3 Å². The Labute approximate surface area is 168 Å². The van der Waals surface area contributed by atoms with Gasteiger partial charge in [-0.25, -0.2) is 9.97 Å². The molecule has 0 radical (unpaired) electrons. The molecule has 134 valence electrons. The number of methoxy groups -OCH3 is 1. The van der Waals surface area contributed by atoms with E-state index in [0.29, 0.717) is 10.2 Å². The van der Waals surface area contributed by atoms with Crippen molar-refractivity contribution in [2.24, 2.45) is 0 Å². The number of anilines is 1. The lowest BCUT2D eigenvalue weighted by molar-refractivity contribution is 0.102. The quantitative estimate of drug-likeness (QED) is 0.433. The predicted molar refractivity (Wildman–Crippen MR) is 111 cm³/mol. The summed E-state index contributed by atoms with van der Waals surface area (Å²) in [7, 11) is 1.65. The van der Waals surface area contributed by atoms with E-state index in [1.807, 2.05) is 42.5 Å². The fourth-order valence-electron chi connectivity index (χ4n) is 2.56. The van der Waals surface area contributed by atoms with E-state index in [-0.39, 0.29) is 5.91 Å². The van der Waals surface area contributed by atoms with Crippen molar-refractivity contribution in [1.82, 2.24) is 9.97 Å². The van der Waals surface area contributed by atoms with E-state index in [2.05, 4.69) is 31.2 Å². The minimum atomic E-state index is -0.199. The summed E-state index contributed by atoms with van der Waals surface area (Å²) in [5, 5.41) is 3.79. The maximum atomic E-state index is 12.3. The third-order valence-electron chi connectivity index (χ3n) is 3.97. The Morgan fingerprint density at radius 2 is 1.93 bits per heavy atom. The van der Waals surface area contributed by atoms with Gasteiger partial charge in [-0.15, -0.1) is 11.3 Å². The van der Waals surface area contributed by atoms with Gasteiger partial charge < -0.3 is 10.1 Å². The number of fused-ring (bicyclic) bond motifs is 1. The van der Waals surface area contributed by atoms with Gasteiger partial charge in [0.15, 0.2) is 0 Å². The number of pyridine rings is 1. The first kappa shape index (κ1) is 17.6. The van der Waals surface area contributed by atoms with Crippen molar-refractivity contribution < 1.29 is 9.53 Å². The lowest BCUT2D eigenvalue weighted by Crippen LogP contribution is -2.11. The molecule has 4 aromatic rings. The van der Waals surface area contributed by atoms with Crippen molar-refractivity contribution in [3.63, 3.8) is 0 Å². The highest BCUT2D eigenvalue weighted by Gasteiger charge is 2.09. The van der Waals surface area contributed by atoms with Gasteiger partial charge in [0.2, 0.25) is 0 Å². The van der Waals surface area contributed by atoms with Gasteiger partial charge in [-0.3, -0.25) is 4.79 Å². The van der Waals surface area contributed by atoms with Crippen molar-refractivity contribution in [2.75, 3.05) is 12.4 Å². The molecule has 0 atom stereocenters. The van der Waals surface area contributed by atoms with Crippen LogP contribution in [-0.2, 0) is 0 Å². The van der Waals surface area contributed by atoms with Gasteiger partial charge in [-0.1, -0.05) is 0 Å². The molecule has 0 spiro atoms. The average Bonchev–Trinajstić information content (AvgIpc) is 3.12. The van der Waals surface area contributed by atoms with Gasteiger partial charge in [0, 0.05) is 17.4 Å². The number of nitrogens with one attached hydrogen (secondary N) is 1. The van der Waals surface area contributed by atoms with Gasteiger partial charge >= 0.3 is 0 Å². The summed E-state index contributed by atoms with van der Waals surface area (Å²) in [6.45, 7) is 0. The average molecular weight is 440 g/mol. The normalized spacial score (nSPS) is 10.7. The van der Waals surface area contributed by atoms with E-state index in [1.54, 1.807) is 30.6 Å². The number of amides is 1. The monoisotopic (exact) mass is 439 g/mol. The van der Waals surface area contributed by atoms with Crippen LogP contribution in [0.3, 0.4) is 0 Å². The van der Waals surface area contributed by atoms with Crippen molar-refractivity contribution in [1.29, 1.82) is 0 Å². The minimum absolute atomic E-state index is 0.199. The number of carbonyl (C=O) groups is 1. The third-order valence-corrected chi connectivity index (χ3v) is 5.51.